The molecule has 0 radical (unpaired) electrons. The zero-order valence-corrected chi connectivity index (χ0v) is 19.8. The fourth-order valence-electron chi connectivity index (χ4n) is 3.48. The van der Waals surface area contributed by atoms with E-state index in [0.29, 0.717) is 0 Å². The average Bonchev–Trinajstić information content (AvgIpc) is 2.81. The summed E-state index contributed by atoms with van der Waals surface area (Å²) >= 11 is 0. The second kappa shape index (κ2) is 9.95. The van der Waals surface area contributed by atoms with Crippen LogP contribution in [0.25, 0.3) is 0 Å². The van der Waals surface area contributed by atoms with Gasteiger partial charge in [-0.3, -0.25) is 19.8 Å². The maximum absolute atomic E-state index is 13.3. The lowest BCUT2D eigenvalue weighted by Crippen LogP contribution is -2.36. The number of aromatic nitrogens is 1. The summed E-state index contributed by atoms with van der Waals surface area (Å²) in [5.74, 6) is 3.37. The summed E-state index contributed by atoms with van der Waals surface area (Å²) in [6, 6.07) is 9.19. The fraction of sp³-hybridized carbons (Fsp3) is 0.174. The number of pyridine rings is 1. The zero-order valence-electron chi connectivity index (χ0n) is 18.9. The molecule has 1 aromatic heterocycles. The molecule has 0 fully saturated rings. The number of H-pyrrole nitrogens is 1. The molecule has 0 spiro atoms. The summed E-state index contributed by atoms with van der Waals surface area (Å²) in [5, 5.41) is 2.51. The van der Waals surface area contributed by atoms with Crippen LogP contribution in [0.4, 0.5) is 13.2 Å². The highest BCUT2D eigenvalue weighted by Crippen LogP contribution is 2.32. The molecule has 3 rings (SSSR count). The minimum Gasteiger partial charge on any atom is -0.341 e. The molecule has 5 N–H and O–H groups in total. The Morgan fingerprint density at radius 2 is 1.61 bits per heavy atom. The Kier molecular flexibility index (Phi) is 7.36. The molecule has 0 aliphatic rings. The van der Waals surface area contributed by atoms with Crippen LogP contribution in [-0.4, -0.2) is 31.5 Å². The summed E-state index contributed by atoms with van der Waals surface area (Å²) < 4.78 is 63.6. The van der Waals surface area contributed by atoms with E-state index in [4.69, 9.17) is 5.84 Å². The van der Waals surface area contributed by atoms with Crippen LogP contribution in [0.1, 0.15) is 49.1 Å². The number of carbonyl (C=O) groups is 2. The monoisotopic (exact) mass is 522 g/mol. The minimum atomic E-state index is -4.66. The number of amides is 2. The number of sulfone groups is 1. The van der Waals surface area contributed by atoms with E-state index in [1.807, 2.05) is 5.43 Å². The summed E-state index contributed by atoms with van der Waals surface area (Å²) in [7, 11) is -3.56. The molecule has 1 heterocycles. The van der Waals surface area contributed by atoms with Crippen LogP contribution in [0.3, 0.4) is 0 Å². The largest absolute Gasteiger partial charge is 0.416 e. The first-order valence-corrected chi connectivity index (χ1v) is 12.1. The molecule has 0 saturated carbocycles. The number of aromatic amines is 1. The van der Waals surface area contributed by atoms with Crippen molar-refractivity contribution in [2.75, 3.05) is 6.26 Å². The molecule has 0 bridgehead atoms. The Bertz CT molecular complexity index is 1480. The lowest BCUT2D eigenvalue weighted by molar-refractivity contribution is -0.137. The molecule has 0 aliphatic carbocycles. The normalized spacial score (nSPS) is 12.6. The van der Waals surface area contributed by atoms with Crippen LogP contribution >= 0.6 is 0 Å². The van der Waals surface area contributed by atoms with Gasteiger partial charge in [0.2, 0.25) is 0 Å². The first kappa shape index (κ1) is 26.6. The van der Waals surface area contributed by atoms with E-state index in [1.165, 1.54) is 37.3 Å². The van der Waals surface area contributed by atoms with Crippen molar-refractivity contribution in [3.05, 3.63) is 98.5 Å². The van der Waals surface area contributed by atoms with Crippen LogP contribution < -0.4 is 22.1 Å². The third kappa shape index (κ3) is 5.80. The lowest BCUT2D eigenvalue weighted by Gasteiger charge is -2.21. The van der Waals surface area contributed by atoms with Crippen LogP contribution in [0.5, 0.6) is 0 Å². The molecule has 190 valence electrons. The van der Waals surface area contributed by atoms with Gasteiger partial charge in [-0.15, -0.1) is 0 Å². The number of nitrogens with one attached hydrogen (secondary N) is 3. The Labute approximate surface area is 203 Å². The van der Waals surface area contributed by atoms with Gasteiger partial charge in [-0.1, -0.05) is 24.3 Å². The second-order valence-corrected chi connectivity index (χ2v) is 9.91. The van der Waals surface area contributed by atoms with Gasteiger partial charge in [0.05, 0.1) is 22.1 Å². The van der Waals surface area contributed by atoms with E-state index in [2.05, 4.69) is 10.3 Å². The van der Waals surface area contributed by atoms with Gasteiger partial charge in [0.15, 0.2) is 9.84 Å². The van der Waals surface area contributed by atoms with Gasteiger partial charge in [-0.05, 0) is 48.4 Å². The molecular weight excluding hydrogens is 501 g/mol. The topological polar surface area (TPSA) is 151 Å². The maximum atomic E-state index is 13.3. The van der Waals surface area contributed by atoms with Gasteiger partial charge < -0.3 is 10.3 Å². The van der Waals surface area contributed by atoms with Crippen molar-refractivity contribution in [1.82, 2.24) is 15.7 Å². The van der Waals surface area contributed by atoms with Crippen molar-refractivity contribution in [3.8, 4) is 0 Å². The maximum Gasteiger partial charge on any atom is 0.416 e. The van der Waals surface area contributed by atoms with Crippen molar-refractivity contribution in [1.29, 1.82) is 0 Å². The number of alkyl halides is 3. The number of halogens is 3. The first-order chi connectivity index (χ1) is 16.7. The van der Waals surface area contributed by atoms with E-state index < -0.39 is 50.6 Å². The second-order valence-electron chi connectivity index (χ2n) is 7.90. The Hall–Kier alpha value is -3.97. The Balaban J connectivity index is 2.11. The third-order valence-electron chi connectivity index (χ3n) is 5.32. The van der Waals surface area contributed by atoms with Gasteiger partial charge >= 0.3 is 6.18 Å². The number of carbonyl (C=O) groups excluding carboxylic acids is 2. The smallest absolute Gasteiger partial charge is 0.341 e. The SMILES string of the molecule is Cc1[nH]c(=O)c(C(=O)NC(c2ccc(S(C)(=O)=O)cc2)c2cccc(C(F)(F)F)c2)cc1C(=O)NN. The predicted molar refractivity (Wildman–Crippen MR) is 124 cm³/mol. The van der Waals surface area contributed by atoms with Gasteiger partial charge in [-0.25, -0.2) is 14.3 Å². The molecule has 36 heavy (non-hydrogen) atoms. The molecular formula is C23H21F3N4O5S. The number of benzene rings is 2. The molecule has 0 aliphatic heterocycles. The van der Waals surface area contributed by atoms with Crippen molar-refractivity contribution >= 4 is 21.7 Å². The van der Waals surface area contributed by atoms with Gasteiger partial charge in [0.1, 0.15) is 5.56 Å². The van der Waals surface area contributed by atoms with Crippen molar-refractivity contribution < 1.29 is 31.2 Å². The highest BCUT2D eigenvalue weighted by molar-refractivity contribution is 7.90. The molecule has 3 aromatic rings. The van der Waals surface area contributed by atoms with E-state index >= 15 is 0 Å². The van der Waals surface area contributed by atoms with Crippen molar-refractivity contribution in [2.45, 2.75) is 24.0 Å². The highest BCUT2D eigenvalue weighted by Gasteiger charge is 2.31. The fourth-order valence-corrected chi connectivity index (χ4v) is 4.11. The molecule has 2 amide bonds. The molecule has 1 unspecified atom stereocenters. The number of nitrogens with two attached hydrogens (primary N) is 1. The summed E-state index contributed by atoms with van der Waals surface area (Å²) in [4.78, 5) is 39.8. The molecule has 13 heteroatoms. The Morgan fingerprint density at radius 3 is 2.17 bits per heavy atom. The lowest BCUT2D eigenvalue weighted by atomic mass is 9.96. The summed E-state index contributed by atoms with van der Waals surface area (Å²) in [5.41, 5.74) is -0.0754. The quantitative estimate of drug-likeness (QED) is 0.221. The molecule has 0 saturated heterocycles. The van der Waals surface area contributed by atoms with E-state index in [9.17, 15) is 36.0 Å². The molecule has 9 nitrogen and oxygen atoms in total. The summed E-state index contributed by atoms with van der Waals surface area (Å²) in [6.45, 7) is 1.42. The zero-order chi connectivity index (χ0) is 26.8. The van der Waals surface area contributed by atoms with Crippen LogP contribution in [-0.2, 0) is 16.0 Å². The standard InChI is InChI=1S/C23H21F3N4O5S/c1-12-17(22(33)30-27)11-18(20(31)28-12)21(32)29-19(13-6-8-16(9-7-13)36(2,34)35)14-4-3-5-15(10-14)23(24,25)26/h3-11,19H,27H2,1-2H3,(H,28,31)(H,29,32)(H,30,33). The number of aryl methyl sites for hydroxylation is 1. The minimum absolute atomic E-state index is 0.0220. The van der Waals surface area contributed by atoms with Crippen LogP contribution in [0.15, 0.2) is 64.3 Å². The van der Waals surface area contributed by atoms with Crippen LogP contribution in [0.2, 0.25) is 0 Å². The average molecular weight is 523 g/mol. The van der Waals surface area contributed by atoms with E-state index in [-0.39, 0.29) is 27.3 Å². The van der Waals surface area contributed by atoms with E-state index in [0.717, 1.165) is 30.5 Å². The first-order valence-electron chi connectivity index (χ1n) is 10.2. The number of nitrogen functional groups attached to an aromatic ring is 1. The predicted octanol–water partition coefficient (Wildman–Crippen LogP) is 2.23. The third-order valence-corrected chi connectivity index (χ3v) is 6.45. The van der Waals surface area contributed by atoms with Gasteiger partial charge in [-0.2, -0.15) is 13.2 Å². The van der Waals surface area contributed by atoms with Gasteiger partial charge in [0, 0.05) is 11.9 Å². The number of hydrogen-bond donors (Lipinski definition) is 4. The summed E-state index contributed by atoms with van der Waals surface area (Å²) in [6.07, 6.45) is -3.67. The highest BCUT2D eigenvalue weighted by atomic mass is 32.2. The van der Waals surface area contributed by atoms with Crippen LogP contribution in [0, 0.1) is 6.92 Å². The van der Waals surface area contributed by atoms with E-state index in [1.54, 1.807) is 0 Å². The Morgan fingerprint density at radius 1 is 0.972 bits per heavy atom. The molecule has 2 aromatic carbocycles. The number of rotatable bonds is 6. The van der Waals surface area contributed by atoms with Crippen molar-refractivity contribution in [2.24, 2.45) is 5.84 Å². The van der Waals surface area contributed by atoms with Gasteiger partial charge in [0.25, 0.3) is 17.4 Å². The molecule has 1 atom stereocenters. The number of hydrazine groups is 1. The number of hydrogen-bond acceptors (Lipinski definition) is 6. The van der Waals surface area contributed by atoms with Crippen molar-refractivity contribution in [3.63, 3.8) is 0 Å².